The van der Waals surface area contributed by atoms with Crippen LogP contribution in [0.3, 0.4) is 0 Å². The van der Waals surface area contributed by atoms with Gasteiger partial charge in [0.2, 0.25) is 5.88 Å². The third-order valence-corrected chi connectivity index (χ3v) is 8.57. The number of hydrogen-bond donors (Lipinski definition) is 2. The number of morpholine rings is 1. The number of phenolic OH excluding ortho intramolecular Hbond substituents is 1. The van der Waals surface area contributed by atoms with Gasteiger partial charge >= 0.3 is 5.97 Å². The predicted molar refractivity (Wildman–Crippen MR) is 156 cm³/mol. The lowest BCUT2D eigenvalue weighted by molar-refractivity contribution is -0.137. The topological polar surface area (TPSA) is 112 Å². The van der Waals surface area contributed by atoms with Crippen molar-refractivity contribution in [2.45, 2.75) is 64.4 Å². The van der Waals surface area contributed by atoms with Crippen molar-refractivity contribution in [2.24, 2.45) is 17.8 Å². The smallest absolute Gasteiger partial charge is 0.303 e. The van der Waals surface area contributed by atoms with Crippen molar-refractivity contribution in [3.05, 3.63) is 47.7 Å². The molecule has 0 bridgehead atoms. The Labute approximate surface area is 242 Å². The van der Waals surface area contributed by atoms with Crippen molar-refractivity contribution in [2.75, 3.05) is 44.3 Å². The second kappa shape index (κ2) is 13.1. The van der Waals surface area contributed by atoms with Gasteiger partial charge < -0.3 is 29.5 Å². The zero-order valence-electron chi connectivity index (χ0n) is 24.2. The maximum absolute atomic E-state index is 13.6. The van der Waals surface area contributed by atoms with Crippen LogP contribution in [0.15, 0.2) is 36.5 Å². The van der Waals surface area contributed by atoms with Crippen molar-refractivity contribution in [1.29, 1.82) is 0 Å². The molecule has 0 radical (unpaired) electrons. The number of carboxylic acid groups (broad SMARTS) is 1. The zero-order chi connectivity index (χ0) is 28.9. The molecule has 1 amide bonds. The first-order valence-electron chi connectivity index (χ1n) is 15.1. The molecule has 9 nitrogen and oxygen atoms in total. The van der Waals surface area contributed by atoms with Gasteiger partial charge in [-0.05, 0) is 79.5 Å². The maximum atomic E-state index is 13.6. The van der Waals surface area contributed by atoms with Crippen LogP contribution in [0.1, 0.15) is 74.2 Å². The standard InChI is InChI=1S/C32H43N3O6/c1-21(2)15-26-19-35(13-14-40-26)32(39)27-6-5-25(36)17-29(27)34-11-8-22(9-12-34)20-41-30-16-24(7-10-33-30)28(18-31(37)38)23-3-4-23/h5-7,10,16-17,21-23,26,28,36H,3-4,8-9,11-15,18-20H2,1-2H3,(H,37,38). The number of pyridine rings is 1. The monoisotopic (exact) mass is 565 g/mol. The number of hydrogen-bond acceptors (Lipinski definition) is 7. The minimum Gasteiger partial charge on any atom is -0.508 e. The summed E-state index contributed by atoms with van der Waals surface area (Å²) < 4.78 is 12.0. The summed E-state index contributed by atoms with van der Waals surface area (Å²) in [6.07, 6.45) is 6.75. The van der Waals surface area contributed by atoms with Gasteiger partial charge in [0, 0.05) is 44.5 Å². The highest BCUT2D eigenvalue weighted by molar-refractivity contribution is 6.00. The first-order chi connectivity index (χ1) is 19.8. The average Bonchev–Trinajstić information content (AvgIpc) is 3.80. The Bertz CT molecular complexity index is 1210. The Morgan fingerprint density at radius 3 is 2.59 bits per heavy atom. The number of ether oxygens (including phenoxy) is 2. The highest BCUT2D eigenvalue weighted by Crippen LogP contribution is 2.45. The summed E-state index contributed by atoms with van der Waals surface area (Å²) in [4.78, 5) is 33.4. The van der Waals surface area contributed by atoms with Crippen molar-refractivity contribution in [1.82, 2.24) is 9.88 Å². The van der Waals surface area contributed by atoms with E-state index in [4.69, 9.17) is 9.47 Å². The number of piperidine rings is 1. The predicted octanol–water partition coefficient (Wildman–Crippen LogP) is 4.94. The average molecular weight is 566 g/mol. The fourth-order valence-electron chi connectivity index (χ4n) is 6.23. The van der Waals surface area contributed by atoms with Crippen LogP contribution in [-0.4, -0.2) is 77.5 Å². The number of carbonyl (C=O) groups excluding carboxylic acids is 1. The molecule has 2 unspecified atom stereocenters. The van der Waals surface area contributed by atoms with Gasteiger partial charge in [0.25, 0.3) is 5.91 Å². The first kappa shape index (κ1) is 29.2. The fourth-order valence-corrected chi connectivity index (χ4v) is 6.23. The second-order valence-electron chi connectivity index (χ2n) is 12.3. The number of aliphatic carboxylic acids is 1. The summed E-state index contributed by atoms with van der Waals surface area (Å²) >= 11 is 0. The molecule has 2 aromatic rings. The van der Waals surface area contributed by atoms with E-state index in [0.29, 0.717) is 55.5 Å². The van der Waals surface area contributed by atoms with Crippen molar-refractivity contribution < 1.29 is 29.3 Å². The Hall–Kier alpha value is -3.33. The molecule has 0 spiro atoms. The van der Waals surface area contributed by atoms with E-state index in [2.05, 4.69) is 23.7 Å². The maximum Gasteiger partial charge on any atom is 0.303 e. The van der Waals surface area contributed by atoms with Gasteiger partial charge in [-0.25, -0.2) is 4.98 Å². The minimum absolute atomic E-state index is 0.0128. The summed E-state index contributed by atoms with van der Waals surface area (Å²) in [6, 6.07) is 8.86. The Balaban J connectivity index is 1.18. The van der Waals surface area contributed by atoms with E-state index in [1.165, 1.54) is 0 Å². The Morgan fingerprint density at radius 2 is 1.88 bits per heavy atom. The van der Waals surface area contributed by atoms with Gasteiger partial charge in [-0.3, -0.25) is 9.59 Å². The fraction of sp³-hybridized carbons (Fsp3) is 0.594. The van der Waals surface area contributed by atoms with E-state index in [0.717, 1.165) is 56.4 Å². The number of benzene rings is 1. The largest absolute Gasteiger partial charge is 0.508 e. The summed E-state index contributed by atoms with van der Waals surface area (Å²) in [6.45, 7) is 8.08. The van der Waals surface area contributed by atoms with E-state index in [1.54, 1.807) is 24.4 Å². The first-order valence-corrected chi connectivity index (χ1v) is 15.1. The molecule has 2 aliphatic heterocycles. The van der Waals surface area contributed by atoms with E-state index in [9.17, 15) is 19.8 Å². The van der Waals surface area contributed by atoms with E-state index in [1.807, 2.05) is 17.0 Å². The molecule has 3 heterocycles. The normalized spacial score (nSPS) is 20.7. The minimum atomic E-state index is -0.773. The van der Waals surface area contributed by atoms with Gasteiger partial charge in [0.1, 0.15) is 5.75 Å². The number of aromatic hydroxyl groups is 1. The number of carbonyl (C=O) groups is 2. The van der Waals surface area contributed by atoms with Crippen LogP contribution in [0.2, 0.25) is 0 Å². The molecular formula is C32H43N3O6. The molecule has 1 aromatic heterocycles. The number of rotatable bonds is 11. The highest BCUT2D eigenvalue weighted by atomic mass is 16.5. The molecule has 2 N–H and O–H groups in total. The van der Waals surface area contributed by atoms with Gasteiger partial charge in [0.15, 0.2) is 0 Å². The van der Waals surface area contributed by atoms with Crippen LogP contribution in [0.25, 0.3) is 0 Å². The summed E-state index contributed by atoms with van der Waals surface area (Å²) in [7, 11) is 0. The number of aromatic nitrogens is 1. The highest BCUT2D eigenvalue weighted by Gasteiger charge is 2.34. The van der Waals surface area contributed by atoms with Crippen LogP contribution in [0, 0.1) is 17.8 Å². The van der Waals surface area contributed by atoms with E-state index in [-0.39, 0.29) is 30.1 Å². The summed E-state index contributed by atoms with van der Waals surface area (Å²) in [5.41, 5.74) is 2.39. The number of carboxylic acids is 1. The second-order valence-corrected chi connectivity index (χ2v) is 12.3. The molecule has 2 saturated heterocycles. The molecule has 3 fully saturated rings. The number of anilines is 1. The quantitative estimate of drug-likeness (QED) is 0.394. The Morgan fingerprint density at radius 1 is 1.10 bits per heavy atom. The zero-order valence-corrected chi connectivity index (χ0v) is 24.2. The molecule has 1 saturated carbocycles. The van der Waals surface area contributed by atoms with Gasteiger partial charge in [-0.1, -0.05) is 13.8 Å². The molecule has 1 aliphatic carbocycles. The van der Waals surface area contributed by atoms with Crippen molar-refractivity contribution in [3.63, 3.8) is 0 Å². The molecule has 1 aromatic carbocycles. The molecule has 9 heteroatoms. The van der Waals surface area contributed by atoms with Crippen LogP contribution in [0.5, 0.6) is 11.6 Å². The number of phenols is 1. The molecule has 41 heavy (non-hydrogen) atoms. The SMILES string of the molecule is CC(C)CC1CN(C(=O)c2ccc(O)cc2N2CCC(COc3cc(C(CC(=O)O)C4CC4)ccn3)CC2)CCO1. The lowest BCUT2D eigenvalue weighted by Crippen LogP contribution is -2.46. The summed E-state index contributed by atoms with van der Waals surface area (Å²) in [5.74, 6) is 1.19. The third-order valence-electron chi connectivity index (χ3n) is 8.57. The molecule has 222 valence electrons. The van der Waals surface area contributed by atoms with Gasteiger partial charge in [-0.15, -0.1) is 0 Å². The van der Waals surface area contributed by atoms with Crippen molar-refractivity contribution in [3.8, 4) is 11.6 Å². The Kier molecular flexibility index (Phi) is 9.32. The molecule has 5 rings (SSSR count). The van der Waals surface area contributed by atoms with E-state index < -0.39 is 5.97 Å². The third kappa shape index (κ3) is 7.70. The van der Waals surface area contributed by atoms with E-state index >= 15 is 0 Å². The van der Waals surface area contributed by atoms with Crippen molar-refractivity contribution >= 4 is 17.6 Å². The molecular weight excluding hydrogens is 522 g/mol. The lowest BCUT2D eigenvalue weighted by atomic mass is 9.92. The van der Waals surface area contributed by atoms with Crippen LogP contribution < -0.4 is 9.64 Å². The van der Waals surface area contributed by atoms with Crippen LogP contribution >= 0.6 is 0 Å². The molecule has 3 aliphatic rings. The van der Waals surface area contributed by atoms with Gasteiger partial charge in [0.05, 0.1) is 37.0 Å². The number of amides is 1. The van der Waals surface area contributed by atoms with Gasteiger partial charge in [-0.2, -0.15) is 0 Å². The van der Waals surface area contributed by atoms with Crippen LogP contribution in [0.4, 0.5) is 5.69 Å². The summed E-state index contributed by atoms with van der Waals surface area (Å²) in [5, 5.41) is 19.6. The molecule has 2 atom stereocenters. The number of nitrogens with zero attached hydrogens (tertiary/aromatic N) is 3. The lowest BCUT2D eigenvalue weighted by Gasteiger charge is -2.37. The van der Waals surface area contributed by atoms with Crippen LogP contribution in [-0.2, 0) is 9.53 Å².